The Labute approximate surface area is 158 Å². The maximum absolute atomic E-state index is 12.7. The first-order valence-corrected chi connectivity index (χ1v) is 8.95. The molecule has 0 radical (unpaired) electrons. The van der Waals surface area contributed by atoms with Crippen LogP contribution in [0.25, 0.3) is 0 Å². The van der Waals surface area contributed by atoms with Gasteiger partial charge in [0.2, 0.25) is 6.04 Å². The molecule has 0 bridgehead atoms. The highest BCUT2D eigenvalue weighted by Gasteiger charge is 2.35. The van der Waals surface area contributed by atoms with Gasteiger partial charge in [0.15, 0.2) is 5.78 Å². The molecule has 6 nitrogen and oxygen atoms in total. The second-order valence-corrected chi connectivity index (χ2v) is 6.21. The summed E-state index contributed by atoms with van der Waals surface area (Å²) < 4.78 is 4.88. The van der Waals surface area contributed by atoms with Gasteiger partial charge in [0.1, 0.15) is 0 Å². The van der Waals surface area contributed by atoms with E-state index in [4.69, 9.17) is 4.74 Å². The molecule has 2 rings (SSSR count). The van der Waals surface area contributed by atoms with Crippen LogP contribution in [0.1, 0.15) is 48.0 Å². The lowest BCUT2D eigenvalue weighted by atomic mass is 9.84. The molecule has 0 amide bonds. The van der Waals surface area contributed by atoms with Crippen LogP contribution in [-0.4, -0.2) is 29.3 Å². The molecular formula is C21H23NO5. The van der Waals surface area contributed by atoms with Crippen molar-refractivity contribution in [1.82, 2.24) is 0 Å². The van der Waals surface area contributed by atoms with Crippen molar-refractivity contribution in [2.24, 2.45) is 0 Å². The molecule has 0 unspecified atom stereocenters. The van der Waals surface area contributed by atoms with Gasteiger partial charge in [-0.25, -0.2) is 0 Å². The maximum Gasteiger partial charge on any atom is 0.306 e. The Bertz CT molecular complexity index is 761. The zero-order valence-electron chi connectivity index (χ0n) is 15.2. The molecular weight excluding hydrogens is 346 g/mol. The average Bonchev–Trinajstić information content (AvgIpc) is 2.68. The zero-order valence-corrected chi connectivity index (χ0v) is 15.2. The predicted molar refractivity (Wildman–Crippen MR) is 101 cm³/mol. The molecule has 142 valence electrons. The summed E-state index contributed by atoms with van der Waals surface area (Å²) >= 11 is 0. The summed E-state index contributed by atoms with van der Waals surface area (Å²) in [5.41, 5.74) is 1.23. The van der Waals surface area contributed by atoms with E-state index in [9.17, 15) is 19.7 Å². The van der Waals surface area contributed by atoms with Crippen molar-refractivity contribution >= 4 is 11.8 Å². The number of nitro groups is 1. The Morgan fingerprint density at radius 1 is 1.04 bits per heavy atom. The molecule has 2 aromatic carbocycles. The predicted octanol–water partition coefficient (Wildman–Crippen LogP) is 4.03. The number of ether oxygens (including phenoxy) is 1. The number of esters is 1. The molecule has 0 N–H and O–H groups in total. The van der Waals surface area contributed by atoms with E-state index < -0.39 is 22.9 Å². The molecule has 0 aliphatic heterocycles. The fraction of sp³-hybridized carbons (Fsp3) is 0.333. The zero-order chi connectivity index (χ0) is 19.6. The highest BCUT2D eigenvalue weighted by Crippen LogP contribution is 2.29. The largest absolute Gasteiger partial charge is 0.466 e. The smallest absolute Gasteiger partial charge is 0.306 e. The third-order valence-corrected chi connectivity index (χ3v) is 4.41. The van der Waals surface area contributed by atoms with Crippen molar-refractivity contribution in [2.45, 2.75) is 38.1 Å². The Kier molecular flexibility index (Phi) is 7.67. The number of ketones is 1. The van der Waals surface area contributed by atoms with Crippen LogP contribution in [0.15, 0.2) is 60.7 Å². The van der Waals surface area contributed by atoms with Gasteiger partial charge in [0, 0.05) is 23.3 Å². The number of benzene rings is 2. The van der Waals surface area contributed by atoms with Gasteiger partial charge >= 0.3 is 5.97 Å². The van der Waals surface area contributed by atoms with Crippen LogP contribution in [0.5, 0.6) is 0 Å². The van der Waals surface area contributed by atoms with Crippen molar-refractivity contribution in [3.05, 3.63) is 81.9 Å². The summed E-state index contributed by atoms with van der Waals surface area (Å²) in [6.45, 7) is 1.92. The van der Waals surface area contributed by atoms with E-state index in [2.05, 4.69) is 0 Å². The first-order chi connectivity index (χ1) is 13.0. The topological polar surface area (TPSA) is 86.5 Å². The third kappa shape index (κ3) is 6.02. The molecule has 0 saturated carbocycles. The van der Waals surface area contributed by atoms with Crippen LogP contribution < -0.4 is 0 Å². The normalized spacial score (nSPS) is 12.8. The van der Waals surface area contributed by atoms with Crippen LogP contribution in [-0.2, 0) is 9.53 Å². The Balaban J connectivity index is 2.25. The third-order valence-electron chi connectivity index (χ3n) is 4.41. The van der Waals surface area contributed by atoms with E-state index >= 15 is 0 Å². The van der Waals surface area contributed by atoms with Crippen molar-refractivity contribution in [3.63, 3.8) is 0 Å². The van der Waals surface area contributed by atoms with Crippen LogP contribution >= 0.6 is 0 Å². The summed E-state index contributed by atoms with van der Waals surface area (Å²) in [4.78, 5) is 35.7. The van der Waals surface area contributed by atoms with Gasteiger partial charge in [-0.3, -0.25) is 19.7 Å². The first kappa shape index (κ1) is 20.3. The summed E-state index contributed by atoms with van der Waals surface area (Å²) in [6, 6.07) is 16.6. The van der Waals surface area contributed by atoms with E-state index in [1.165, 1.54) is 0 Å². The standard InChI is InChI=1S/C21H23NO5/c1-2-27-21(24)14-13-19(22(25)26)18(16-9-5-3-6-10-16)15-20(23)17-11-7-4-8-12-17/h3-12,18-19H,2,13-15H2,1H3/t18-,19+/m0/s1. The molecule has 0 aliphatic rings. The number of carbonyl (C=O) groups excluding carboxylic acids is 2. The second-order valence-electron chi connectivity index (χ2n) is 6.21. The number of hydrogen-bond donors (Lipinski definition) is 0. The summed E-state index contributed by atoms with van der Waals surface area (Å²) in [5, 5.41) is 11.7. The molecule has 2 atom stereocenters. The monoisotopic (exact) mass is 369 g/mol. The molecule has 0 spiro atoms. The average molecular weight is 369 g/mol. The highest BCUT2D eigenvalue weighted by molar-refractivity contribution is 5.96. The van der Waals surface area contributed by atoms with E-state index in [1.807, 2.05) is 12.1 Å². The molecule has 0 heterocycles. The Morgan fingerprint density at radius 2 is 1.63 bits per heavy atom. The fourth-order valence-corrected chi connectivity index (χ4v) is 3.07. The van der Waals surface area contributed by atoms with E-state index in [0.717, 1.165) is 0 Å². The molecule has 0 fully saturated rings. The molecule has 0 aromatic heterocycles. The molecule has 27 heavy (non-hydrogen) atoms. The summed E-state index contributed by atoms with van der Waals surface area (Å²) in [5.74, 6) is -1.25. The van der Waals surface area contributed by atoms with Gasteiger partial charge in [-0.05, 0) is 12.5 Å². The van der Waals surface area contributed by atoms with Crippen molar-refractivity contribution in [1.29, 1.82) is 0 Å². The first-order valence-electron chi connectivity index (χ1n) is 8.95. The van der Waals surface area contributed by atoms with Crippen LogP contribution in [0, 0.1) is 10.1 Å². The molecule has 6 heteroatoms. The Morgan fingerprint density at radius 3 is 2.19 bits per heavy atom. The van der Waals surface area contributed by atoms with Crippen molar-refractivity contribution in [2.75, 3.05) is 6.61 Å². The quantitative estimate of drug-likeness (QED) is 0.273. The number of rotatable bonds is 10. The van der Waals surface area contributed by atoms with Gasteiger partial charge < -0.3 is 4.74 Å². The lowest BCUT2D eigenvalue weighted by Crippen LogP contribution is -2.30. The SMILES string of the molecule is CCOC(=O)CC[C@H]([C@@H](CC(=O)c1ccccc1)c1ccccc1)[N+](=O)[O-]. The van der Waals surface area contributed by atoms with Gasteiger partial charge in [-0.15, -0.1) is 0 Å². The maximum atomic E-state index is 12.7. The highest BCUT2D eigenvalue weighted by atomic mass is 16.6. The van der Waals surface area contributed by atoms with E-state index in [-0.39, 0.29) is 31.7 Å². The van der Waals surface area contributed by atoms with Crippen molar-refractivity contribution in [3.8, 4) is 0 Å². The molecule has 2 aromatic rings. The number of hydrogen-bond acceptors (Lipinski definition) is 5. The summed E-state index contributed by atoms with van der Waals surface area (Å²) in [6.07, 6.45) is -0.0295. The number of nitrogens with zero attached hydrogens (tertiary/aromatic N) is 1. The molecule has 0 aliphatic carbocycles. The Hall–Kier alpha value is -3.02. The van der Waals surface area contributed by atoms with Crippen LogP contribution in [0.3, 0.4) is 0 Å². The number of carbonyl (C=O) groups is 2. The van der Waals surface area contributed by atoms with E-state index in [0.29, 0.717) is 11.1 Å². The lowest BCUT2D eigenvalue weighted by molar-refractivity contribution is -0.527. The van der Waals surface area contributed by atoms with Crippen LogP contribution in [0.2, 0.25) is 0 Å². The molecule has 0 saturated heterocycles. The minimum absolute atomic E-state index is 0.00248. The van der Waals surface area contributed by atoms with Gasteiger partial charge in [-0.2, -0.15) is 0 Å². The minimum Gasteiger partial charge on any atom is -0.466 e. The van der Waals surface area contributed by atoms with Gasteiger partial charge in [0.05, 0.1) is 18.9 Å². The van der Waals surface area contributed by atoms with Crippen LogP contribution in [0.4, 0.5) is 0 Å². The minimum atomic E-state index is -1.05. The second kappa shape index (κ2) is 10.2. The fourth-order valence-electron chi connectivity index (χ4n) is 3.07. The van der Waals surface area contributed by atoms with Gasteiger partial charge in [0.25, 0.3) is 0 Å². The number of Topliss-reactive ketones (excluding diaryl/α,β-unsaturated/α-hetero) is 1. The van der Waals surface area contributed by atoms with E-state index in [1.54, 1.807) is 55.5 Å². The summed E-state index contributed by atoms with van der Waals surface area (Å²) in [7, 11) is 0. The van der Waals surface area contributed by atoms with Crippen molar-refractivity contribution < 1.29 is 19.2 Å². The lowest BCUT2D eigenvalue weighted by Gasteiger charge is -2.21. The van der Waals surface area contributed by atoms with Gasteiger partial charge in [-0.1, -0.05) is 60.7 Å².